The van der Waals surface area contributed by atoms with Crippen LogP contribution in [0.5, 0.6) is 0 Å². The van der Waals surface area contributed by atoms with Crippen molar-refractivity contribution in [2.75, 3.05) is 23.7 Å². The minimum absolute atomic E-state index is 0.0593. The molecule has 0 amide bonds. The molecule has 110 valence electrons. The number of benzene rings is 1. The van der Waals surface area contributed by atoms with E-state index in [1.165, 1.54) is 12.1 Å². The van der Waals surface area contributed by atoms with Gasteiger partial charge in [-0.15, -0.1) is 0 Å². The fourth-order valence-corrected chi connectivity index (χ4v) is 2.03. The maximum Gasteiger partial charge on any atom is 0.272 e. The predicted octanol–water partition coefficient (Wildman–Crippen LogP) is 2.69. The van der Waals surface area contributed by atoms with E-state index >= 15 is 0 Å². The van der Waals surface area contributed by atoms with E-state index in [1.807, 2.05) is 24.4 Å². The van der Waals surface area contributed by atoms with Gasteiger partial charge in [0, 0.05) is 11.8 Å². The second kappa shape index (κ2) is 7.75. The van der Waals surface area contributed by atoms with Crippen LogP contribution in [0.3, 0.4) is 0 Å². The Bertz CT molecular complexity index is 609. The number of pyridine rings is 1. The van der Waals surface area contributed by atoms with Crippen molar-refractivity contribution in [2.45, 2.75) is 0 Å². The van der Waals surface area contributed by atoms with Crippen molar-refractivity contribution in [3.8, 4) is 0 Å². The van der Waals surface area contributed by atoms with Crippen LogP contribution >= 0.6 is 23.8 Å². The Morgan fingerprint density at radius 2 is 2.10 bits per heavy atom. The highest BCUT2D eigenvalue weighted by Gasteiger charge is 2.03. The molecule has 2 aromatic rings. The van der Waals surface area contributed by atoms with Crippen LogP contribution in [0, 0.1) is 5.82 Å². The van der Waals surface area contributed by atoms with Gasteiger partial charge in [-0.3, -0.25) is 5.32 Å². The van der Waals surface area contributed by atoms with Gasteiger partial charge in [0.05, 0.1) is 17.8 Å². The third-order valence-corrected chi connectivity index (χ3v) is 3.15. The van der Waals surface area contributed by atoms with Gasteiger partial charge in [0.2, 0.25) is 0 Å². The summed E-state index contributed by atoms with van der Waals surface area (Å²) in [4.78, 5) is 3.07. The van der Waals surface area contributed by atoms with Gasteiger partial charge in [-0.2, -0.15) is 0 Å². The molecule has 2 rings (SSSR count). The first-order valence-corrected chi connectivity index (χ1v) is 7.14. The lowest BCUT2D eigenvalue weighted by molar-refractivity contribution is -0.361. The Labute approximate surface area is 132 Å². The monoisotopic (exact) mass is 325 g/mol. The normalized spacial score (nSPS) is 10.0. The highest BCUT2D eigenvalue weighted by atomic mass is 35.5. The third kappa shape index (κ3) is 5.17. The summed E-state index contributed by atoms with van der Waals surface area (Å²) in [7, 11) is 0. The molecule has 0 aliphatic rings. The van der Waals surface area contributed by atoms with Crippen molar-refractivity contribution < 1.29 is 9.37 Å². The topological polar surface area (TPSA) is 50.2 Å². The van der Waals surface area contributed by atoms with Gasteiger partial charge in [0.1, 0.15) is 12.4 Å². The van der Waals surface area contributed by atoms with Gasteiger partial charge < -0.3 is 10.6 Å². The second-order valence-corrected chi connectivity index (χ2v) is 5.03. The van der Waals surface area contributed by atoms with Gasteiger partial charge >= 0.3 is 0 Å². The summed E-state index contributed by atoms with van der Waals surface area (Å²) < 4.78 is 13.0. The number of halogens is 2. The molecule has 0 saturated heterocycles. The molecule has 1 aromatic heterocycles. The molecular formula is C14H15ClFN4S+. The van der Waals surface area contributed by atoms with E-state index in [-0.39, 0.29) is 5.02 Å². The fraction of sp³-hybridized carbons (Fsp3) is 0.143. The molecule has 0 spiro atoms. The maximum absolute atomic E-state index is 13.0. The predicted molar refractivity (Wildman–Crippen MR) is 87.1 cm³/mol. The van der Waals surface area contributed by atoms with E-state index in [0.717, 1.165) is 5.82 Å². The minimum Gasteiger partial charge on any atom is -0.359 e. The fourth-order valence-electron chi connectivity index (χ4n) is 1.63. The van der Waals surface area contributed by atoms with E-state index in [9.17, 15) is 4.39 Å². The van der Waals surface area contributed by atoms with Gasteiger partial charge in [-0.05, 0) is 36.5 Å². The Balaban J connectivity index is 1.71. The van der Waals surface area contributed by atoms with Crippen LogP contribution in [-0.4, -0.2) is 18.2 Å². The van der Waals surface area contributed by atoms with Gasteiger partial charge in [-0.1, -0.05) is 17.7 Å². The zero-order chi connectivity index (χ0) is 15.1. The smallest absolute Gasteiger partial charge is 0.272 e. The van der Waals surface area contributed by atoms with Crippen molar-refractivity contribution in [3.63, 3.8) is 0 Å². The minimum atomic E-state index is -0.454. The average molecular weight is 326 g/mol. The molecule has 0 bridgehead atoms. The van der Waals surface area contributed by atoms with Gasteiger partial charge in [0.25, 0.3) is 5.82 Å². The summed E-state index contributed by atoms with van der Waals surface area (Å²) in [6.45, 7) is 1.34. The molecule has 0 fully saturated rings. The molecule has 0 saturated carbocycles. The van der Waals surface area contributed by atoms with Crippen molar-refractivity contribution in [1.82, 2.24) is 5.32 Å². The Kier molecular flexibility index (Phi) is 5.71. The molecule has 0 unspecified atom stereocenters. The van der Waals surface area contributed by atoms with Crippen LogP contribution in [0.15, 0.2) is 42.6 Å². The quantitative estimate of drug-likeness (QED) is 0.584. The van der Waals surface area contributed by atoms with Crippen LogP contribution in [0.1, 0.15) is 0 Å². The molecule has 0 aliphatic carbocycles. The lowest BCUT2D eigenvalue weighted by Gasteiger charge is -2.10. The molecule has 4 N–H and O–H groups in total. The number of anilines is 2. The highest BCUT2D eigenvalue weighted by Crippen LogP contribution is 2.19. The van der Waals surface area contributed by atoms with Crippen LogP contribution in [-0.2, 0) is 0 Å². The number of H-pyrrole nitrogens is 1. The molecule has 1 heterocycles. The molecule has 0 radical (unpaired) electrons. The lowest BCUT2D eigenvalue weighted by Crippen LogP contribution is -2.33. The zero-order valence-electron chi connectivity index (χ0n) is 11.1. The number of hydrogen-bond donors (Lipinski definition) is 3. The van der Waals surface area contributed by atoms with E-state index in [1.54, 1.807) is 6.07 Å². The van der Waals surface area contributed by atoms with E-state index in [4.69, 9.17) is 23.8 Å². The molecule has 0 atom stereocenters. The zero-order valence-corrected chi connectivity index (χ0v) is 12.7. The van der Waals surface area contributed by atoms with Crippen LogP contribution in [0.25, 0.3) is 0 Å². The summed E-state index contributed by atoms with van der Waals surface area (Å²) in [5, 5.41) is 9.70. The molecule has 7 heteroatoms. The van der Waals surface area contributed by atoms with Gasteiger partial charge in [-0.25, -0.2) is 9.37 Å². The van der Waals surface area contributed by atoms with Crippen molar-refractivity contribution >= 4 is 40.4 Å². The Morgan fingerprint density at radius 3 is 2.81 bits per heavy atom. The summed E-state index contributed by atoms with van der Waals surface area (Å²) in [5.41, 5.74) is 0.642. The van der Waals surface area contributed by atoms with Crippen molar-refractivity contribution in [2.24, 2.45) is 0 Å². The number of aromatic nitrogens is 1. The first kappa shape index (κ1) is 15.5. The number of aromatic amines is 1. The Morgan fingerprint density at radius 1 is 1.24 bits per heavy atom. The number of rotatable bonds is 5. The number of thiocarbonyl (C=S) groups is 1. The standard InChI is InChI=1S/C14H14ClFN4S/c15-11-9-10(4-5-12(11)16)20-14(21)19-8-7-18-13-3-1-2-6-17-13/h1-6,9H,7-8H2,(H,17,18)(H2,19,20,21)/p+1. The largest absolute Gasteiger partial charge is 0.359 e. The van der Waals surface area contributed by atoms with Crippen molar-refractivity contribution in [1.29, 1.82) is 0 Å². The lowest BCUT2D eigenvalue weighted by atomic mass is 10.3. The molecule has 1 aromatic carbocycles. The first-order chi connectivity index (χ1) is 10.1. The SMILES string of the molecule is Fc1ccc(NC(=S)NCCNc2cccc[nH+]2)cc1Cl. The maximum atomic E-state index is 13.0. The average Bonchev–Trinajstić information content (AvgIpc) is 2.49. The van der Waals surface area contributed by atoms with E-state index in [2.05, 4.69) is 20.9 Å². The van der Waals surface area contributed by atoms with Crippen LogP contribution < -0.4 is 20.9 Å². The van der Waals surface area contributed by atoms with E-state index < -0.39 is 5.82 Å². The molecular weight excluding hydrogens is 311 g/mol. The number of hydrogen-bond acceptors (Lipinski definition) is 2. The van der Waals surface area contributed by atoms with Crippen molar-refractivity contribution in [3.05, 3.63) is 53.4 Å². The highest BCUT2D eigenvalue weighted by molar-refractivity contribution is 7.80. The summed E-state index contributed by atoms with van der Waals surface area (Å²) in [6, 6.07) is 10.2. The first-order valence-electron chi connectivity index (χ1n) is 6.35. The second-order valence-electron chi connectivity index (χ2n) is 4.21. The third-order valence-electron chi connectivity index (χ3n) is 2.61. The molecule has 4 nitrogen and oxygen atoms in total. The number of nitrogens with one attached hydrogen (secondary N) is 4. The summed E-state index contributed by atoms with van der Waals surface area (Å²) in [5.74, 6) is 0.480. The van der Waals surface area contributed by atoms with E-state index in [0.29, 0.717) is 23.9 Å². The molecule has 21 heavy (non-hydrogen) atoms. The van der Waals surface area contributed by atoms with Crippen LogP contribution in [0.2, 0.25) is 5.02 Å². The summed E-state index contributed by atoms with van der Waals surface area (Å²) >= 11 is 10.8. The van der Waals surface area contributed by atoms with Crippen LogP contribution in [0.4, 0.5) is 15.9 Å². The summed E-state index contributed by atoms with van der Waals surface area (Å²) in [6.07, 6.45) is 1.85. The van der Waals surface area contributed by atoms with Gasteiger partial charge in [0.15, 0.2) is 5.11 Å². The molecule has 0 aliphatic heterocycles. The Hall–Kier alpha value is -1.92.